The fourth-order valence-electron chi connectivity index (χ4n) is 2.46. The maximum Gasteiger partial charge on any atom is 0.242 e. The van der Waals surface area contributed by atoms with Crippen molar-refractivity contribution in [3.63, 3.8) is 0 Å². The van der Waals surface area contributed by atoms with Crippen molar-refractivity contribution in [3.8, 4) is 5.88 Å². The Hall–Kier alpha value is -1.56. The third kappa shape index (κ3) is 2.64. The topological polar surface area (TPSA) is 84.5 Å². The average molecular weight is 252 g/mol. The maximum atomic E-state index is 9.02. The highest BCUT2D eigenvalue weighted by Crippen LogP contribution is 2.31. The normalized spacial score (nSPS) is 19.9. The van der Waals surface area contributed by atoms with E-state index in [4.69, 9.17) is 15.6 Å². The Morgan fingerprint density at radius 2 is 2.39 bits per heavy atom. The summed E-state index contributed by atoms with van der Waals surface area (Å²) in [5, 5.41) is 9.02. The lowest BCUT2D eigenvalue weighted by molar-refractivity contribution is 0.244. The van der Waals surface area contributed by atoms with E-state index in [1.807, 2.05) is 0 Å². The monoisotopic (exact) mass is 252 g/mol. The number of anilines is 2. The van der Waals surface area contributed by atoms with Crippen molar-refractivity contribution >= 4 is 11.5 Å². The summed E-state index contributed by atoms with van der Waals surface area (Å²) in [5.74, 6) is 1.66. The van der Waals surface area contributed by atoms with Crippen molar-refractivity contribution in [1.82, 2.24) is 9.97 Å². The number of ether oxygens (including phenoxy) is 1. The lowest BCUT2D eigenvalue weighted by Gasteiger charge is -2.33. The van der Waals surface area contributed by atoms with Crippen molar-refractivity contribution in [3.05, 3.63) is 6.33 Å². The molecular formula is C12H20N4O2. The number of aliphatic hydroxyl groups excluding tert-OH is 1. The van der Waals surface area contributed by atoms with Crippen LogP contribution in [0, 0.1) is 5.92 Å². The van der Waals surface area contributed by atoms with Gasteiger partial charge in [0.15, 0.2) is 5.82 Å². The van der Waals surface area contributed by atoms with Crippen molar-refractivity contribution in [2.75, 3.05) is 37.4 Å². The van der Waals surface area contributed by atoms with Crippen molar-refractivity contribution < 1.29 is 9.84 Å². The highest BCUT2D eigenvalue weighted by Gasteiger charge is 2.23. The molecule has 0 saturated carbocycles. The van der Waals surface area contributed by atoms with Gasteiger partial charge in [-0.3, -0.25) is 0 Å². The van der Waals surface area contributed by atoms with E-state index < -0.39 is 0 Å². The van der Waals surface area contributed by atoms with Crippen LogP contribution in [-0.2, 0) is 0 Å². The molecule has 1 aliphatic rings. The molecular weight excluding hydrogens is 232 g/mol. The van der Waals surface area contributed by atoms with Crippen LogP contribution in [0.1, 0.15) is 19.3 Å². The zero-order valence-electron chi connectivity index (χ0n) is 10.7. The van der Waals surface area contributed by atoms with Gasteiger partial charge in [0.05, 0.1) is 7.11 Å². The highest BCUT2D eigenvalue weighted by molar-refractivity contribution is 5.67. The van der Waals surface area contributed by atoms with Gasteiger partial charge >= 0.3 is 0 Å². The summed E-state index contributed by atoms with van der Waals surface area (Å²) in [7, 11) is 1.55. The number of nitrogen functional groups attached to an aromatic ring is 1. The Morgan fingerprint density at radius 3 is 3.11 bits per heavy atom. The Kier molecular flexibility index (Phi) is 4.19. The number of hydrogen-bond donors (Lipinski definition) is 2. The molecule has 18 heavy (non-hydrogen) atoms. The maximum absolute atomic E-state index is 9.02. The minimum absolute atomic E-state index is 0.237. The molecule has 1 aromatic rings. The number of nitrogens with two attached hydrogens (primary N) is 1. The van der Waals surface area contributed by atoms with E-state index in [0.29, 0.717) is 17.5 Å². The summed E-state index contributed by atoms with van der Waals surface area (Å²) < 4.78 is 5.11. The third-order valence-electron chi connectivity index (χ3n) is 3.38. The second kappa shape index (κ2) is 5.86. The molecule has 1 aromatic heterocycles. The molecule has 1 unspecified atom stereocenters. The van der Waals surface area contributed by atoms with Gasteiger partial charge in [-0.05, 0) is 25.2 Å². The molecule has 0 amide bonds. The van der Waals surface area contributed by atoms with Gasteiger partial charge in [-0.15, -0.1) is 0 Å². The van der Waals surface area contributed by atoms with Crippen LogP contribution in [0.15, 0.2) is 6.33 Å². The number of nitrogens with zero attached hydrogens (tertiary/aromatic N) is 3. The fourth-order valence-corrected chi connectivity index (χ4v) is 2.46. The van der Waals surface area contributed by atoms with Gasteiger partial charge in [0.2, 0.25) is 5.88 Å². The molecule has 100 valence electrons. The molecule has 0 spiro atoms. The predicted octanol–water partition coefficient (Wildman–Crippen LogP) is 0.666. The molecule has 0 radical (unpaired) electrons. The molecule has 1 atom stereocenters. The summed E-state index contributed by atoms with van der Waals surface area (Å²) in [6.07, 6.45) is 4.55. The largest absolute Gasteiger partial charge is 0.479 e. The molecule has 0 aromatic carbocycles. The minimum atomic E-state index is 0.237. The molecule has 0 bridgehead atoms. The zero-order chi connectivity index (χ0) is 13.0. The molecule has 2 heterocycles. The molecule has 1 fully saturated rings. The number of piperidine rings is 1. The number of hydrogen-bond acceptors (Lipinski definition) is 6. The van der Waals surface area contributed by atoms with E-state index in [0.717, 1.165) is 38.2 Å². The van der Waals surface area contributed by atoms with E-state index >= 15 is 0 Å². The minimum Gasteiger partial charge on any atom is -0.479 e. The number of methoxy groups -OCH3 is 1. The van der Waals surface area contributed by atoms with Gasteiger partial charge < -0.3 is 20.5 Å². The SMILES string of the molecule is COc1ncnc(N2CCCC(CCO)C2)c1N. The van der Waals surface area contributed by atoms with E-state index in [1.54, 1.807) is 7.11 Å². The van der Waals surface area contributed by atoms with Gasteiger partial charge in [0.25, 0.3) is 0 Å². The van der Waals surface area contributed by atoms with E-state index in [1.165, 1.54) is 6.33 Å². The van der Waals surface area contributed by atoms with Crippen molar-refractivity contribution in [2.45, 2.75) is 19.3 Å². The summed E-state index contributed by atoms with van der Waals surface area (Å²) in [5.41, 5.74) is 6.49. The van der Waals surface area contributed by atoms with E-state index in [9.17, 15) is 0 Å². The molecule has 2 rings (SSSR count). The smallest absolute Gasteiger partial charge is 0.242 e. The quantitative estimate of drug-likeness (QED) is 0.819. The molecule has 3 N–H and O–H groups in total. The first-order valence-corrected chi connectivity index (χ1v) is 6.26. The lowest BCUT2D eigenvalue weighted by Crippen LogP contribution is -2.36. The van der Waals surface area contributed by atoms with Gasteiger partial charge in [-0.25, -0.2) is 4.98 Å². The van der Waals surface area contributed by atoms with Crippen LogP contribution in [-0.4, -0.2) is 41.9 Å². The number of aromatic nitrogens is 2. The van der Waals surface area contributed by atoms with Gasteiger partial charge in [0, 0.05) is 19.7 Å². The van der Waals surface area contributed by atoms with Crippen molar-refractivity contribution in [1.29, 1.82) is 0 Å². The van der Waals surface area contributed by atoms with Crippen LogP contribution in [0.4, 0.5) is 11.5 Å². The van der Waals surface area contributed by atoms with Crippen LogP contribution in [0.25, 0.3) is 0 Å². The first-order chi connectivity index (χ1) is 8.76. The average Bonchev–Trinajstić information content (AvgIpc) is 2.40. The molecule has 0 aliphatic carbocycles. The number of rotatable bonds is 4. The first-order valence-electron chi connectivity index (χ1n) is 6.26. The number of aliphatic hydroxyl groups is 1. The first kappa shape index (κ1) is 12.9. The Morgan fingerprint density at radius 1 is 1.56 bits per heavy atom. The van der Waals surface area contributed by atoms with Gasteiger partial charge in [-0.1, -0.05) is 0 Å². The molecule has 1 aliphatic heterocycles. The lowest BCUT2D eigenvalue weighted by atomic mass is 9.95. The van der Waals surface area contributed by atoms with Crippen LogP contribution in [0.2, 0.25) is 0 Å². The summed E-state index contributed by atoms with van der Waals surface area (Å²) in [4.78, 5) is 10.4. The Bertz CT molecular complexity index is 398. The summed E-state index contributed by atoms with van der Waals surface area (Å²) in [6.45, 7) is 2.05. The van der Waals surface area contributed by atoms with Crippen molar-refractivity contribution in [2.24, 2.45) is 5.92 Å². The third-order valence-corrected chi connectivity index (χ3v) is 3.38. The Labute approximate surface area is 107 Å². The van der Waals surface area contributed by atoms with Gasteiger partial charge in [0.1, 0.15) is 12.0 Å². The Balaban J connectivity index is 2.15. The zero-order valence-corrected chi connectivity index (χ0v) is 10.7. The van der Waals surface area contributed by atoms with Crippen LogP contribution in [0.5, 0.6) is 5.88 Å². The van der Waals surface area contributed by atoms with E-state index in [2.05, 4.69) is 14.9 Å². The predicted molar refractivity (Wildman–Crippen MR) is 69.6 cm³/mol. The van der Waals surface area contributed by atoms with Crippen LogP contribution in [0.3, 0.4) is 0 Å². The molecule has 6 nitrogen and oxygen atoms in total. The second-order valence-electron chi connectivity index (χ2n) is 4.59. The second-order valence-corrected chi connectivity index (χ2v) is 4.59. The van der Waals surface area contributed by atoms with E-state index in [-0.39, 0.29) is 6.61 Å². The standard InChI is InChI=1S/C12H20N4O2/c1-18-12-10(13)11(14-8-15-12)16-5-2-3-9(7-16)4-6-17/h8-9,17H,2-7,13H2,1H3. The van der Waals surface area contributed by atoms with Crippen LogP contribution < -0.4 is 15.4 Å². The van der Waals surface area contributed by atoms with Crippen LogP contribution >= 0.6 is 0 Å². The summed E-state index contributed by atoms with van der Waals surface area (Å²) >= 11 is 0. The summed E-state index contributed by atoms with van der Waals surface area (Å²) in [6, 6.07) is 0. The molecule has 1 saturated heterocycles. The molecule has 6 heteroatoms. The fraction of sp³-hybridized carbons (Fsp3) is 0.667. The highest BCUT2D eigenvalue weighted by atomic mass is 16.5. The van der Waals surface area contributed by atoms with Gasteiger partial charge in [-0.2, -0.15) is 4.98 Å².